The van der Waals surface area contributed by atoms with Gasteiger partial charge < -0.3 is 19.7 Å². The average molecular weight is 368 g/mol. The van der Waals surface area contributed by atoms with Gasteiger partial charge in [-0.25, -0.2) is 0 Å². The SMILES string of the molecule is CCNC(=NCC(C)(C)SC)N(C)Cc1cc(OC)c(OC)cc1C. The molecular formula is C19H33N3O2S. The monoisotopic (exact) mass is 367 g/mol. The summed E-state index contributed by atoms with van der Waals surface area (Å²) in [6, 6.07) is 4.06. The van der Waals surface area contributed by atoms with Gasteiger partial charge in [0.15, 0.2) is 17.5 Å². The van der Waals surface area contributed by atoms with Crippen LogP contribution in [0.15, 0.2) is 17.1 Å². The summed E-state index contributed by atoms with van der Waals surface area (Å²) in [7, 11) is 5.38. The highest BCUT2D eigenvalue weighted by molar-refractivity contribution is 7.99. The van der Waals surface area contributed by atoms with E-state index in [1.54, 1.807) is 14.2 Å². The largest absolute Gasteiger partial charge is 0.493 e. The molecule has 0 aliphatic rings. The molecule has 0 spiro atoms. The van der Waals surface area contributed by atoms with E-state index in [2.05, 4.69) is 51.2 Å². The van der Waals surface area contributed by atoms with Gasteiger partial charge in [-0.05, 0) is 57.2 Å². The van der Waals surface area contributed by atoms with Crippen molar-refractivity contribution in [1.82, 2.24) is 10.2 Å². The van der Waals surface area contributed by atoms with Crippen molar-refractivity contribution in [3.63, 3.8) is 0 Å². The molecule has 0 radical (unpaired) electrons. The van der Waals surface area contributed by atoms with Crippen LogP contribution in [0.3, 0.4) is 0 Å². The summed E-state index contributed by atoms with van der Waals surface area (Å²) in [5.41, 5.74) is 2.36. The molecule has 6 heteroatoms. The first-order valence-electron chi connectivity index (χ1n) is 8.54. The van der Waals surface area contributed by atoms with Crippen LogP contribution in [0.5, 0.6) is 11.5 Å². The highest BCUT2D eigenvalue weighted by Crippen LogP contribution is 2.30. The van der Waals surface area contributed by atoms with E-state index in [0.29, 0.717) is 0 Å². The van der Waals surface area contributed by atoms with Crippen molar-refractivity contribution in [2.75, 3.05) is 40.6 Å². The molecule has 0 aliphatic heterocycles. The predicted molar refractivity (Wildman–Crippen MR) is 109 cm³/mol. The first-order valence-corrected chi connectivity index (χ1v) is 9.76. The van der Waals surface area contributed by atoms with Crippen molar-refractivity contribution < 1.29 is 9.47 Å². The van der Waals surface area contributed by atoms with Crippen molar-refractivity contribution in [2.24, 2.45) is 4.99 Å². The molecule has 0 fully saturated rings. The van der Waals surface area contributed by atoms with Crippen LogP contribution in [0, 0.1) is 6.92 Å². The second-order valence-electron chi connectivity index (χ2n) is 6.62. The number of ether oxygens (including phenoxy) is 2. The average Bonchev–Trinajstić information content (AvgIpc) is 2.59. The van der Waals surface area contributed by atoms with E-state index in [0.717, 1.165) is 37.1 Å². The third kappa shape index (κ3) is 6.34. The van der Waals surface area contributed by atoms with Crippen LogP contribution >= 0.6 is 11.8 Å². The Kier molecular flexibility index (Phi) is 8.42. The van der Waals surface area contributed by atoms with E-state index in [1.165, 1.54) is 11.1 Å². The van der Waals surface area contributed by atoms with Gasteiger partial charge in [-0.15, -0.1) is 0 Å². The number of aliphatic imine (C=N–C) groups is 1. The zero-order valence-corrected chi connectivity index (χ0v) is 17.7. The molecule has 1 aromatic carbocycles. The molecule has 0 bridgehead atoms. The molecule has 0 aromatic heterocycles. The van der Waals surface area contributed by atoms with Gasteiger partial charge in [-0.1, -0.05) is 0 Å². The van der Waals surface area contributed by atoms with E-state index in [4.69, 9.17) is 14.5 Å². The quantitative estimate of drug-likeness (QED) is 0.562. The molecule has 0 amide bonds. The fraction of sp³-hybridized carbons (Fsp3) is 0.632. The van der Waals surface area contributed by atoms with Crippen molar-refractivity contribution in [2.45, 2.75) is 39.0 Å². The van der Waals surface area contributed by atoms with Crippen LogP contribution in [-0.2, 0) is 6.54 Å². The van der Waals surface area contributed by atoms with E-state index < -0.39 is 0 Å². The van der Waals surface area contributed by atoms with Crippen molar-refractivity contribution in [1.29, 1.82) is 0 Å². The third-order valence-corrected chi connectivity index (χ3v) is 5.34. The molecule has 142 valence electrons. The molecule has 0 unspecified atom stereocenters. The number of guanidine groups is 1. The van der Waals surface area contributed by atoms with Gasteiger partial charge in [-0.3, -0.25) is 4.99 Å². The fourth-order valence-electron chi connectivity index (χ4n) is 2.32. The van der Waals surface area contributed by atoms with Crippen molar-refractivity contribution in [3.8, 4) is 11.5 Å². The van der Waals surface area contributed by atoms with E-state index in [9.17, 15) is 0 Å². The van der Waals surface area contributed by atoms with Gasteiger partial charge in [-0.2, -0.15) is 11.8 Å². The normalized spacial score (nSPS) is 12.1. The van der Waals surface area contributed by atoms with E-state index in [1.807, 2.05) is 23.9 Å². The highest BCUT2D eigenvalue weighted by Gasteiger charge is 2.17. The number of methoxy groups -OCH3 is 2. The van der Waals surface area contributed by atoms with Gasteiger partial charge in [0, 0.05) is 24.9 Å². The summed E-state index contributed by atoms with van der Waals surface area (Å²) in [6.07, 6.45) is 2.12. The molecule has 1 aromatic rings. The lowest BCUT2D eigenvalue weighted by atomic mass is 10.1. The van der Waals surface area contributed by atoms with E-state index >= 15 is 0 Å². The smallest absolute Gasteiger partial charge is 0.194 e. The number of aryl methyl sites for hydroxylation is 1. The van der Waals surface area contributed by atoms with Crippen molar-refractivity contribution in [3.05, 3.63) is 23.3 Å². The first-order chi connectivity index (χ1) is 11.8. The van der Waals surface area contributed by atoms with E-state index in [-0.39, 0.29) is 4.75 Å². The molecular weight excluding hydrogens is 334 g/mol. The zero-order chi connectivity index (χ0) is 19.0. The number of nitrogens with zero attached hydrogens (tertiary/aromatic N) is 2. The Morgan fingerprint density at radius 1 is 1.24 bits per heavy atom. The maximum atomic E-state index is 5.44. The summed E-state index contributed by atoms with van der Waals surface area (Å²) in [4.78, 5) is 6.96. The van der Waals surface area contributed by atoms with Gasteiger partial charge in [0.05, 0.1) is 20.8 Å². The summed E-state index contributed by atoms with van der Waals surface area (Å²) >= 11 is 1.83. The maximum Gasteiger partial charge on any atom is 0.194 e. The van der Waals surface area contributed by atoms with Crippen LogP contribution in [0.2, 0.25) is 0 Å². The lowest BCUT2D eigenvalue weighted by Gasteiger charge is -2.26. The topological polar surface area (TPSA) is 46.1 Å². The zero-order valence-electron chi connectivity index (χ0n) is 16.9. The molecule has 0 atom stereocenters. The van der Waals surface area contributed by atoms with Gasteiger partial charge in [0.2, 0.25) is 0 Å². The summed E-state index contributed by atoms with van der Waals surface area (Å²) < 4.78 is 10.9. The minimum atomic E-state index is 0.126. The molecule has 5 nitrogen and oxygen atoms in total. The van der Waals surface area contributed by atoms with Crippen LogP contribution < -0.4 is 14.8 Å². The third-order valence-electron chi connectivity index (χ3n) is 4.11. The fourth-order valence-corrected chi connectivity index (χ4v) is 2.52. The molecule has 0 aliphatic carbocycles. The maximum absolute atomic E-state index is 5.44. The van der Waals surface area contributed by atoms with Gasteiger partial charge in [0.1, 0.15) is 0 Å². The molecule has 0 saturated heterocycles. The van der Waals surface area contributed by atoms with Crippen LogP contribution in [0.4, 0.5) is 0 Å². The Labute approximate surface area is 157 Å². The number of nitrogens with one attached hydrogen (secondary N) is 1. The highest BCUT2D eigenvalue weighted by atomic mass is 32.2. The lowest BCUT2D eigenvalue weighted by Crippen LogP contribution is -2.39. The Balaban J connectivity index is 3.00. The number of hydrogen-bond donors (Lipinski definition) is 1. The van der Waals surface area contributed by atoms with Gasteiger partial charge >= 0.3 is 0 Å². The standard InChI is InChI=1S/C19H33N3O2S/c1-9-20-18(21-13-19(3,4)25-8)22(5)12-15-11-17(24-7)16(23-6)10-14(15)2/h10-11H,9,12-13H2,1-8H3,(H,20,21). The number of rotatable bonds is 8. The molecule has 25 heavy (non-hydrogen) atoms. The Bertz CT molecular complexity index is 588. The summed E-state index contributed by atoms with van der Waals surface area (Å²) in [6.45, 7) is 11.0. The number of benzene rings is 1. The van der Waals surface area contributed by atoms with Crippen molar-refractivity contribution >= 4 is 17.7 Å². The predicted octanol–water partition coefficient (Wildman–Crippen LogP) is 3.55. The first kappa shape index (κ1) is 21.5. The Hall–Kier alpha value is -1.56. The van der Waals surface area contributed by atoms with Crippen LogP contribution in [0.1, 0.15) is 31.9 Å². The number of thioether (sulfide) groups is 1. The molecule has 0 heterocycles. The molecule has 1 N–H and O–H groups in total. The Morgan fingerprint density at radius 3 is 2.36 bits per heavy atom. The van der Waals surface area contributed by atoms with Gasteiger partial charge in [0.25, 0.3) is 0 Å². The van der Waals surface area contributed by atoms with Crippen LogP contribution in [0.25, 0.3) is 0 Å². The lowest BCUT2D eigenvalue weighted by molar-refractivity contribution is 0.353. The molecule has 1 rings (SSSR count). The minimum Gasteiger partial charge on any atom is -0.493 e. The number of hydrogen-bond acceptors (Lipinski definition) is 4. The van der Waals surface area contributed by atoms with Crippen LogP contribution in [-0.4, -0.2) is 56.2 Å². The summed E-state index contributed by atoms with van der Waals surface area (Å²) in [5, 5.41) is 3.38. The summed E-state index contributed by atoms with van der Waals surface area (Å²) in [5.74, 6) is 2.43. The molecule has 0 saturated carbocycles. The Morgan fingerprint density at radius 2 is 1.84 bits per heavy atom. The second kappa shape index (κ2) is 9.80. The second-order valence-corrected chi connectivity index (χ2v) is 8.14. The minimum absolute atomic E-state index is 0.126.